The van der Waals surface area contributed by atoms with Crippen LogP contribution < -0.4 is 10.6 Å². The number of thiazole rings is 1. The number of aromatic nitrogens is 3. The molecule has 4 rings (SSSR count). The van der Waals surface area contributed by atoms with Gasteiger partial charge >= 0.3 is 5.97 Å². The Hall–Kier alpha value is -3.37. The molecule has 0 spiro atoms. The third kappa shape index (κ3) is 4.73. The van der Waals surface area contributed by atoms with Crippen LogP contribution in [0.4, 0.5) is 10.8 Å². The van der Waals surface area contributed by atoms with Crippen molar-refractivity contribution in [2.24, 2.45) is 0 Å². The van der Waals surface area contributed by atoms with Crippen molar-refractivity contribution in [2.75, 3.05) is 17.2 Å². The minimum atomic E-state index is -0.655. The van der Waals surface area contributed by atoms with E-state index in [0.29, 0.717) is 28.4 Å². The van der Waals surface area contributed by atoms with Crippen LogP contribution in [0.3, 0.4) is 0 Å². The smallest absolute Gasteiger partial charge is 0.358 e. The number of carbonyl (C=O) groups is 2. The molecule has 0 aliphatic heterocycles. The molecule has 0 bridgehead atoms. The van der Waals surface area contributed by atoms with Crippen molar-refractivity contribution in [3.63, 3.8) is 0 Å². The molecule has 2 N–H and O–H groups in total. The zero-order valence-electron chi connectivity index (χ0n) is 15.0. The number of anilines is 2. The van der Waals surface area contributed by atoms with Gasteiger partial charge in [-0.05, 0) is 17.7 Å². The van der Waals surface area contributed by atoms with E-state index in [-0.39, 0.29) is 5.69 Å². The lowest BCUT2D eigenvalue weighted by atomic mass is 10.2. The van der Waals surface area contributed by atoms with Crippen molar-refractivity contribution >= 4 is 56.8 Å². The van der Waals surface area contributed by atoms with Crippen molar-refractivity contribution in [2.45, 2.75) is 6.54 Å². The molecule has 0 aliphatic carbocycles. The highest BCUT2D eigenvalue weighted by Crippen LogP contribution is 2.21. The second-order valence-electron chi connectivity index (χ2n) is 5.94. The molecule has 0 radical (unpaired) electrons. The molecule has 1 amide bonds. The summed E-state index contributed by atoms with van der Waals surface area (Å²) in [6.07, 6.45) is 0. The van der Waals surface area contributed by atoms with Gasteiger partial charge in [-0.3, -0.25) is 4.79 Å². The predicted molar refractivity (Wildman–Crippen MR) is 112 cm³/mol. The van der Waals surface area contributed by atoms with E-state index in [2.05, 4.69) is 24.4 Å². The third-order valence-corrected chi connectivity index (χ3v) is 5.24. The Balaban J connectivity index is 1.29. The molecule has 2 heterocycles. The standard InChI is InChI=1S/C19H15N5O3S2/c25-16(21-13-7-4-8-14-17(13)24-29-23-14)10-27-18(26)15-11-28-19(22-15)20-9-12-5-2-1-3-6-12/h1-8,11H,9-10H2,(H,20,22)(H,21,25). The largest absolute Gasteiger partial charge is 0.451 e. The highest BCUT2D eigenvalue weighted by molar-refractivity contribution is 7.13. The molecule has 4 aromatic rings. The summed E-state index contributed by atoms with van der Waals surface area (Å²) < 4.78 is 13.3. The lowest BCUT2D eigenvalue weighted by Gasteiger charge is -2.06. The van der Waals surface area contributed by atoms with Crippen LogP contribution >= 0.6 is 23.1 Å². The number of ether oxygens (including phenoxy) is 1. The number of benzene rings is 2. The van der Waals surface area contributed by atoms with Gasteiger partial charge in [0, 0.05) is 11.9 Å². The SMILES string of the molecule is O=C(COC(=O)c1csc(NCc2ccccc2)n1)Nc1cccc2nsnc12. The fourth-order valence-corrected chi connectivity index (χ4v) is 3.75. The molecule has 0 fully saturated rings. The molecule has 146 valence electrons. The molecule has 0 atom stereocenters. The van der Waals surface area contributed by atoms with Gasteiger partial charge in [0.25, 0.3) is 5.91 Å². The number of hydrogen-bond acceptors (Lipinski definition) is 9. The molecule has 8 nitrogen and oxygen atoms in total. The quantitative estimate of drug-likeness (QED) is 0.436. The molecule has 10 heteroatoms. The molecular weight excluding hydrogens is 410 g/mol. The number of esters is 1. The van der Waals surface area contributed by atoms with Gasteiger partial charge in [0.15, 0.2) is 17.4 Å². The fraction of sp³-hybridized carbons (Fsp3) is 0.105. The van der Waals surface area contributed by atoms with Gasteiger partial charge in [-0.1, -0.05) is 36.4 Å². The van der Waals surface area contributed by atoms with Crippen LogP contribution in [0.25, 0.3) is 11.0 Å². The Bertz CT molecular complexity index is 1140. The topological polar surface area (TPSA) is 106 Å². The minimum absolute atomic E-state index is 0.157. The third-order valence-electron chi connectivity index (χ3n) is 3.89. The fourth-order valence-electron chi connectivity index (χ4n) is 2.52. The number of rotatable bonds is 7. The first-order chi connectivity index (χ1) is 14.2. The minimum Gasteiger partial charge on any atom is -0.451 e. The second kappa shape index (κ2) is 8.76. The van der Waals surface area contributed by atoms with Crippen molar-refractivity contribution < 1.29 is 14.3 Å². The number of amides is 1. The van der Waals surface area contributed by atoms with E-state index in [0.717, 1.165) is 17.3 Å². The van der Waals surface area contributed by atoms with Crippen molar-refractivity contribution in [3.8, 4) is 0 Å². The Kier molecular flexibility index (Phi) is 5.73. The summed E-state index contributed by atoms with van der Waals surface area (Å²) >= 11 is 2.36. The molecule has 0 saturated carbocycles. The molecule has 2 aromatic heterocycles. The van der Waals surface area contributed by atoms with Gasteiger partial charge < -0.3 is 15.4 Å². The summed E-state index contributed by atoms with van der Waals surface area (Å²) in [5.41, 5.74) is 3.09. The lowest BCUT2D eigenvalue weighted by molar-refractivity contribution is -0.119. The summed E-state index contributed by atoms with van der Waals surface area (Å²) in [5, 5.41) is 8.03. The predicted octanol–water partition coefficient (Wildman–Crippen LogP) is 3.56. The molecule has 0 unspecified atom stereocenters. The average Bonchev–Trinajstić information content (AvgIpc) is 3.41. The Labute approximate surface area is 173 Å². The Morgan fingerprint density at radius 2 is 1.90 bits per heavy atom. The van der Waals surface area contributed by atoms with Gasteiger partial charge in [-0.25, -0.2) is 9.78 Å². The van der Waals surface area contributed by atoms with Crippen LogP contribution in [0.1, 0.15) is 16.1 Å². The van der Waals surface area contributed by atoms with Crippen LogP contribution in [-0.2, 0) is 16.1 Å². The number of carbonyl (C=O) groups excluding carboxylic acids is 2. The first kappa shape index (κ1) is 19.0. The van der Waals surface area contributed by atoms with E-state index >= 15 is 0 Å². The number of hydrogen-bond donors (Lipinski definition) is 2. The maximum Gasteiger partial charge on any atom is 0.358 e. The highest BCUT2D eigenvalue weighted by Gasteiger charge is 2.15. The number of nitrogens with zero attached hydrogens (tertiary/aromatic N) is 3. The van der Waals surface area contributed by atoms with E-state index in [1.165, 1.54) is 11.3 Å². The summed E-state index contributed by atoms with van der Waals surface area (Å²) in [5.74, 6) is -1.12. The van der Waals surface area contributed by atoms with Gasteiger partial charge in [0.1, 0.15) is 11.0 Å². The molecule has 0 saturated heterocycles. The zero-order chi connectivity index (χ0) is 20.1. The van der Waals surface area contributed by atoms with Gasteiger partial charge in [-0.15, -0.1) is 11.3 Å². The van der Waals surface area contributed by atoms with Gasteiger partial charge in [0.05, 0.1) is 17.4 Å². The first-order valence-corrected chi connectivity index (χ1v) is 10.2. The second-order valence-corrected chi connectivity index (χ2v) is 7.33. The van der Waals surface area contributed by atoms with Gasteiger partial charge in [-0.2, -0.15) is 8.75 Å². The van der Waals surface area contributed by atoms with Crippen LogP contribution in [0.15, 0.2) is 53.9 Å². The maximum absolute atomic E-state index is 12.2. The number of nitrogens with one attached hydrogen (secondary N) is 2. The first-order valence-electron chi connectivity index (χ1n) is 8.60. The molecule has 29 heavy (non-hydrogen) atoms. The molecular formula is C19H15N5O3S2. The normalized spacial score (nSPS) is 10.6. The van der Waals surface area contributed by atoms with Crippen molar-refractivity contribution in [3.05, 3.63) is 65.2 Å². The van der Waals surface area contributed by atoms with E-state index in [4.69, 9.17) is 4.74 Å². The van der Waals surface area contributed by atoms with Crippen molar-refractivity contribution in [1.82, 2.24) is 13.7 Å². The molecule has 2 aromatic carbocycles. The number of fused-ring (bicyclic) bond motifs is 1. The van der Waals surface area contributed by atoms with E-state index < -0.39 is 18.5 Å². The van der Waals surface area contributed by atoms with Gasteiger partial charge in [0.2, 0.25) is 0 Å². The summed E-state index contributed by atoms with van der Waals surface area (Å²) in [4.78, 5) is 28.5. The lowest BCUT2D eigenvalue weighted by Crippen LogP contribution is -2.21. The maximum atomic E-state index is 12.2. The van der Waals surface area contributed by atoms with Crippen LogP contribution in [0.5, 0.6) is 0 Å². The van der Waals surface area contributed by atoms with Crippen molar-refractivity contribution in [1.29, 1.82) is 0 Å². The zero-order valence-corrected chi connectivity index (χ0v) is 16.6. The van der Waals surface area contributed by atoms with E-state index in [1.54, 1.807) is 23.6 Å². The summed E-state index contributed by atoms with van der Waals surface area (Å²) in [6.45, 7) is 0.180. The van der Waals surface area contributed by atoms with E-state index in [9.17, 15) is 9.59 Å². The van der Waals surface area contributed by atoms with Crippen LogP contribution in [0.2, 0.25) is 0 Å². The average molecular weight is 425 g/mol. The summed E-state index contributed by atoms with van der Waals surface area (Å²) in [6, 6.07) is 15.1. The van der Waals surface area contributed by atoms with Crippen LogP contribution in [-0.4, -0.2) is 32.2 Å². The van der Waals surface area contributed by atoms with E-state index in [1.807, 2.05) is 30.3 Å². The Morgan fingerprint density at radius 3 is 2.76 bits per heavy atom. The monoisotopic (exact) mass is 425 g/mol. The summed E-state index contributed by atoms with van der Waals surface area (Å²) in [7, 11) is 0. The van der Waals surface area contributed by atoms with Crippen LogP contribution in [0, 0.1) is 0 Å². The Morgan fingerprint density at radius 1 is 1.03 bits per heavy atom. The molecule has 0 aliphatic rings. The highest BCUT2D eigenvalue weighted by atomic mass is 32.1.